The quantitative estimate of drug-likeness (QED) is 0.894. The maximum absolute atomic E-state index is 9.73. The largest absolute Gasteiger partial charge is 0.508 e. The Kier molecular flexibility index (Phi) is 7.49. The van der Waals surface area contributed by atoms with E-state index in [9.17, 15) is 5.11 Å². The van der Waals surface area contributed by atoms with Crippen molar-refractivity contribution in [3.8, 4) is 5.75 Å². The Balaban J connectivity index is 0.00000110. The molecule has 0 unspecified atom stereocenters. The zero-order valence-corrected chi connectivity index (χ0v) is 14.0. The average Bonchev–Trinajstić information content (AvgIpc) is 2.94. The number of piperazine rings is 1. The third-order valence-electron chi connectivity index (χ3n) is 3.52. The minimum absolute atomic E-state index is 0. The molecule has 1 aromatic heterocycles. The smallest absolute Gasteiger partial charge is 0.115 e. The highest BCUT2D eigenvalue weighted by atomic mass is 35.5. The van der Waals surface area contributed by atoms with Gasteiger partial charge in [-0.2, -0.15) is 0 Å². The van der Waals surface area contributed by atoms with Crippen molar-refractivity contribution in [2.75, 3.05) is 26.2 Å². The van der Waals surface area contributed by atoms with Gasteiger partial charge in [-0.3, -0.25) is 4.90 Å². The lowest BCUT2D eigenvalue weighted by atomic mass is 10.0. The third kappa shape index (κ3) is 4.34. The minimum Gasteiger partial charge on any atom is -0.508 e. The van der Waals surface area contributed by atoms with Crippen molar-refractivity contribution in [2.24, 2.45) is 0 Å². The molecule has 1 aromatic carbocycles. The second-order valence-corrected chi connectivity index (χ2v) is 5.78. The molecule has 0 saturated carbocycles. The lowest BCUT2D eigenvalue weighted by Crippen LogP contribution is -2.45. The van der Waals surface area contributed by atoms with Crippen molar-refractivity contribution in [2.45, 2.75) is 6.04 Å². The van der Waals surface area contributed by atoms with Gasteiger partial charge in [0.2, 0.25) is 0 Å². The van der Waals surface area contributed by atoms with Crippen LogP contribution >= 0.6 is 36.2 Å². The number of hydrogen-bond acceptors (Lipinski definition) is 4. The molecule has 1 aliphatic rings. The van der Waals surface area contributed by atoms with E-state index in [0.717, 1.165) is 26.2 Å². The Morgan fingerprint density at radius 3 is 2.48 bits per heavy atom. The molecule has 1 fully saturated rings. The number of benzene rings is 1. The first-order chi connectivity index (χ1) is 9.34. The molecule has 0 bridgehead atoms. The Morgan fingerprint density at radius 2 is 1.86 bits per heavy atom. The summed E-state index contributed by atoms with van der Waals surface area (Å²) >= 11 is 1.78. The number of nitrogens with one attached hydrogen (secondary N) is 1. The van der Waals surface area contributed by atoms with Gasteiger partial charge < -0.3 is 10.4 Å². The molecule has 0 amide bonds. The van der Waals surface area contributed by atoms with Crippen LogP contribution in [-0.2, 0) is 0 Å². The molecular weight excluding hydrogens is 327 g/mol. The van der Waals surface area contributed by atoms with Crippen LogP contribution in [0, 0.1) is 0 Å². The molecule has 0 radical (unpaired) electrons. The van der Waals surface area contributed by atoms with Gasteiger partial charge in [-0.1, -0.05) is 18.2 Å². The van der Waals surface area contributed by atoms with Crippen molar-refractivity contribution in [3.63, 3.8) is 0 Å². The zero-order valence-electron chi connectivity index (χ0n) is 11.6. The van der Waals surface area contributed by atoms with Gasteiger partial charge in [-0.15, -0.1) is 36.2 Å². The van der Waals surface area contributed by atoms with E-state index in [2.05, 4.69) is 33.8 Å². The molecule has 2 N–H and O–H groups in total. The summed E-state index contributed by atoms with van der Waals surface area (Å²) in [5.41, 5.74) is 1.17. The molecular formula is C15H20Cl2N2OS. The van der Waals surface area contributed by atoms with E-state index >= 15 is 0 Å². The first kappa shape index (κ1) is 18.3. The highest BCUT2D eigenvalue weighted by Crippen LogP contribution is 2.33. The lowest BCUT2D eigenvalue weighted by Gasteiger charge is -2.34. The molecule has 2 heterocycles. The van der Waals surface area contributed by atoms with E-state index in [4.69, 9.17) is 0 Å². The van der Waals surface area contributed by atoms with Gasteiger partial charge in [0, 0.05) is 31.1 Å². The number of phenolic OH excluding ortho intramolecular Hbond substituents is 1. The van der Waals surface area contributed by atoms with Crippen molar-refractivity contribution in [1.82, 2.24) is 10.2 Å². The Bertz CT molecular complexity index is 530. The molecule has 1 aliphatic heterocycles. The zero-order chi connectivity index (χ0) is 13.1. The molecule has 116 valence electrons. The fourth-order valence-electron chi connectivity index (χ4n) is 2.64. The summed E-state index contributed by atoms with van der Waals surface area (Å²) in [7, 11) is 0. The summed E-state index contributed by atoms with van der Waals surface area (Å²) in [5.74, 6) is 0.342. The van der Waals surface area contributed by atoms with Crippen molar-refractivity contribution in [1.29, 1.82) is 0 Å². The van der Waals surface area contributed by atoms with Crippen molar-refractivity contribution >= 4 is 36.2 Å². The highest BCUT2D eigenvalue weighted by molar-refractivity contribution is 7.10. The molecule has 21 heavy (non-hydrogen) atoms. The van der Waals surface area contributed by atoms with Crippen LogP contribution in [0.15, 0.2) is 41.8 Å². The molecule has 6 heteroatoms. The van der Waals surface area contributed by atoms with Crippen LogP contribution in [0.25, 0.3) is 0 Å². The van der Waals surface area contributed by atoms with Gasteiger partial charge in [-0.05, 0) is 29.1 Å². The minimum atomic E-state index is 0. The maximum Gasteiger partial charge on any atom is 0.115 e. The number of phenols is 1. The SMILES string of the molecule is Cl.Cl.Oc1cccc([C@@H](c2cccs2)N2CCNCC2)c1. The summed E-state index contributed by atoms with van der Waals surface area (Å²) < 4.78 is 0. The van der Waals surface area contributed by atoms with Gasteiger partial charge >= 0.3 is 0 Å². The van der Waals surface area contributed by atoms with E-state index in [0.29, 0.717) is 5.75 Å². The first-order valence-corrected chi connectivity index (χ1v) is 7.49. The van der Waals surface area contributed by atoms with Crippen molar-refractivity contribution < 1.29 is 5.11 Å². The first-order valence-electron chi connectivity index (χ1n) is 6.62. The molecule has 2 aromatic rings. The topological polar surface area (TPSA) is 35.5 Å². The van der Waals surface area contributed by atoms with Gasteiger partial charge in [0.1, 0.15) is 5.75 Å². The van der Waals surface area contributed by atoms with Crippen molar-refractivity contribution in [3.05, 3.63) is 52.2 Å². The van der Waals surface area contributed by atoms with E-state index in [1.165, 1.54) is 10.4 Å². The summed E-state index contributed by atoms with van der Waals surface area (Å²) in [6.07, 6.45) is 0. The Morgan fingerprint density at radius 1 is 1.10 bits per heavy atom. The monoisotopic (exact) mass is 346 g/mol. The molecule has 1 atom stereocenters. The molecule has 1 saturated heterocycles. The molecule has 0 aliphatic carbocycles. The lowest BCUT2D eigenvalue weighted by molar-refractivity contribution is 0.200. The summed E-state index contributed by atoms with van der Waals surface area (Å²) in [4.78, 5) is 3.82. The standard InChI is InChI=1S/C15H18N2OS.2ClH/c18-13-4-1-3-12(11-13)15(14-5-2-10-19-14)17-8-6-16-7-9-17;;/h1-5,10-11,15-16,18H,6-9H2;2*1H/t15-;;/m0../s1. The van der Waals surface area contributed by atoms with Crippen LogP contribution in [-0.4, -0.2) is 36.2 Å². The normalized spacial score (nSPS) is 16.6. The second-order valence-electron chi connectivity index (χ2n) is 4.80. The predicted molar refractivity (Wildman–Crippen MR) is 93.2 cm³/mol. The van der Waals surface area contributed by atoms with Gasteiger partial charge in [0.15, 0.2) is 0 Å². The second kappa shape index (κ2) is 8.61. The number of rotatable bonds is 3. The van der Waals surface area contributed by atoms with Crippen LogP contribution in [0.2, 0.25) is 0 Å². The average molecular weight is 347 g/mol. The molecule has 3 nitrogen and oxygen atoms in total. The van der Waals surface area contributed by atoms with E-state index in [1.807, 2.05) is 12.1 Å². The van der Waals surface area contributed by atoms with Crippen LogP contribution in [0.3, 0.4) is 0 Å². The van der Waals surface area contributed by atoms with Gasteiger partial charge in [-0.25, -0.2) is 0 Å². The molecule has 3 rings (SSSR count). The number of halogens is 2. The van der Waals surface area contributed by atoms with Crippen LogP contribution in [0.4, 0.5) is 0 Å². The van der Waals surface area contributed by atoms with Crippen LogP contribution in [0.5, 0.6) is 5.75 Å². The Hall–Kier alpha value is -0.780. The number of hydrogen-bond donors (Lipinski definition) is 2. The van der Waals surface area contributed by atoms with E-state index in [-0.39, 0.29) is 30.9 Å². The van der Waals surface area contributed by atoms with E-state index in [1.54, 1.807) is 17.4 Å². The van der Waals surface area contributed by atoms with Crippen LogP contribution in [0.1, 0.15) is 16.5 Å². The maximum atomic E-state index is 9.73. The molecule has 0 spiro atoms. The number of aromatic hydroxyl groups is 1. The number of nitrogens with zero attached hydrogens (tertiary/aromatic N) is 1. The van der Waals surface area contributed by atoms with Gasteiger partial charge in [0.05, 0.1) is 6.04 Å². The predicted octanol–water partition coefficient (Wildman–Crippen LogP) is 3.29. The highest BCUT2D eigenvalue weighted by Gasteiger charge is 2.24. The van der Waals surface area contributed by atoms with Crippen LogP contribution < -0.4 is 5.32 Å². The fourth-order valence-corrected chi connectivity index (χ4v) is 3.52. The van der Waals surface area contributed by atoms with E-state index < -0.39 is 0 Å². The Labute approximate surface area is 141 Å². The third-order valence-corrected chi connectivity index (χ3v) is 4.44. The van der Waals surface area contributed by atoms with Gasteiger partial charge in [0.25, 0.3) is 0 Å². The summed E-state index contributed by atoms with van der Waals surface area (Å²) in [5, 5.41) is 15.2. The summed E-state index contributed by atoms with van der Waals surface area (Å²) in [6.45, 7) is 4.14. The number of thiophene rings is 1. The summed E-state index contributed by atoms with van der Waals surface area (Å²) in [6, 6.07) is 12.2. The fraction of sp³-hybridized carbons (Fsp3) is 0.333.